The number of thiocarbonyl (C=S) groups is 1. The molecule has 0 radical (unpaired) electrons. The summed E-state index contributed by atoms with van der Waals surface area (Å²) in [6.45, 7) is 2.91. The highest BCUT2D eigenvalue weighted by Crippen LogP contribution is 2.27. The van der Waals surface area contributed by atoms with E-state index in [4.69, 9.17) is 21.7 Å². The average molecular weight is 323 g/mol. The second-order valence-electron chi connectivity index (χ2n) is 4.77. The first-order valence-corrected chi connectivity index (χ1v) is 7.93. The molecule has 1 rings (SSSR count). The number of nitrogens with zero attached hydrogens (tertiary/aromatic N) is 1. The Morgan fingerprint density at radius 2 is 2.09 bits per heavy atom. The maximum Gasteiger partial charge on any atom is 0.186 e. The molecule has 0 fully saturated rings. The van der Waals surface area contributed by atoms with Crippen molar-refractivity contribution < 1.29 is 9.47 Å². The van der Waals surface area contributed by atoms with Crippen LogP contribution in [0.3, 0.4) is 0 Å². The van der Waals surface area contributed by atoms with Crippen molar-refractivity contribution in [2.24, 2.45) is 5.10 Å². The van der Waals surface area contributed by atoms with Crippen molar-refractivity contribution in [2.45, 2.75) is 32.6 Å². The minimum absolute atomic E-state index is 0.468. The third-order valence-electron chi connectivity index (χ3n) is 3.05. The Hall–Kier alpha value is -1.82. The Morgan fingerprint density at radius 1 is 1.27 bits per heavy atom. The molecule has 0 amide bonds. The summed E-state index contributed by atoms with van der Waals surface area (Å²) < 4.78 is 11.1. The molecular formula is C16H25N3O2S. The van der Waals surface area contributed by atoms with Crippen LogP contribution in [0, 0.1) is 0 Å². The third-order valence-corrected chi connectivity index (χ3v) is 3.35. The van der Waals surface area contributed by atoms with Crippen LogP contribution >= 0.6 is 12.2 Å². The summed E-state index contributed by atoms with van der Waals surface area (Å²) in [5.74, 6) is 1.46. The van der Waals surface area contributed by atoms with Gasteiger partial charge in [0.05, 0.1) is 19.9 Å². The lowest BCUT2D eigenvalue weighted by Gasteiger charge is -2.11. The summed E-state index contributed by atoms with van der Waals surface area (Å²) in [6, 6.07) is 5.71. The fraction of sp³-hybridized carbons (Fsp3) is 0.500. The highest BCUT2D eigenvalue weighted by molar-refractivity contribution is 7.80. The van der Waals surface area contributed by atoms with Crippen LogP contribution in [-0.4, -0.2) is 32.1 Å². The van der Waals surface area contributed by atoms with Crippen LogP contribution in [0.1, 0.15) is 38.2 Å². The van der Waals surface area contributed by atoms with Crippen molar-refractivity contribution in [3.63, 3.8) is 0 Å². The zero-order valence-corrected chi connectivity index (χ0v) is 14.3. The van der Waals surface area contributed by atoms with E-state index in [1.54, 1.807) is 20.4 Å². The standard InChI is InChI=1S/C16H25N3O2S/c1-4-5-6-7-10-21-14-9-8-13(11-15(14)20-3)12-18-19-16(22)17-2/h8-9,11-12H,4-7,10H2,1-3H3,(H2,17,19,22)/b18-12+. The summed E-state index contributed by atoms with van der Waals surface area (Å²) in [4.78, 5) is 0. The molecule has 6 heteroatoms. The minimum atomic E-state index is 0.468. The van der Waals surface area contributed by atoms with Crippen LogP contribution in [0.15, 0.2) is 23.3 Å². The molecule has 0 unspecified atom stereocenters. The molecule has 122 valence electrons. The van der Waals surface area contributed by atoms with Gasteiger partial charge in [-0.15, -0.1) is 0 Å². The Morgan fingerprint density at radius 3 is 2.77 bits per heavy atom. The topological polar surface area (TPSA) is 54.9 Å². The largest absolute Gasteiger partial charge is 0.493 e. The molecule has 0 aliphatic rings. The maximum atomic E-state index is 5.77. The number of hydrogen-bond donors (Lipinski definition) is 2. The molecule has 2 N–H and O–H groups in total. The lowest BCUT2D eigenvalue weighted by atomic mass is 10.2. The van der Waals surface area contributed by atoms with Gasteiger partial charge in [0.2, 0.25) is 0 Å². The number of hydrazone groups is 1. The molecule has 0 spiro atoms. The minimum Gasteiger partial charge on any atom is -0.493 e. The molecule has 5 nitrogen and oxygen atoms in total. The van der Waals surface area contributed by atoms with Gasteiger partial charge < -0.3 is 14.8 Å². The summed E-state index contributed by atoms with van der Waals surface area (Å²) in [5, 5.41) is 7.29. The average Bonchev–Trinajstić information content (AvgIpc) is 2.55. The zero-order chi connectivity index (χ0) is 16.2. The predicted molar refractivity (Wildman–Crippen MR) is 95.0 cm³/mol. The summed E-state index contributed by atoms with van der Waals surface area (Å²) in [5.41, 5.74) is 3.61. The first-order valence-electron chi connectivity index (χ1n) is 7.52. The van der Waals surface area contributed by atoms with E-state index in [0.29, 0.717) is 17.5 Å². The van der Waals surface area contributed by atoms with Gasteiger partial charge in [-0.25, -0.2) is 0 Å². The van der Waals surface area contributed by atoms with Crippen molar-refractivity contribution in [1.29, 1.82) is 0 Å². The lowest BCUT2D eigenvalue weighted by molar-refractivity contribution is 0.285. The monoisotopic (exact) mass is 323 g/mol. The SMILES string of the molecule is CCCCCCOc1ccc(/C=N/NC(=S)NC)cc1OC. The molecule has 1 aromatic rings. The molecule has 0 atom stereocenters. The molecule has 0 bridgehead atoms. The first kappa shape index (κ1) is 18.2. The Bertz CT molecular complexity index is 492. The number of nitrogens with one attached hydrogen (secondary N) is 2. The molecule has 0 saturated heterocycles. The van der Waals surface area contributed by atoms with Crippen molar-refractivity contribution >= 4 is 23.5 Å². The molecule has 22 heavy (non-hydrogen) atoms. The molecule has 0 aliphatic carbocycles. The zero-order valence-electron chi connectivity index (χ0n) is 13.5. The number of unbranched alkanes of at least 4 members (excludes halogenated alkanes) is 3. The molecule has 0 heterocycles. The number of rotatable bonds is 9. The van der Waals surface area contributed by atoms with Crippen molar-refractivity contribution in [3.8, 4) is 11.5 Å². The van der Waals surface area contributed by atoms with Crippen LogP contribution in [0.25, 0.3) is 0 Å². The van der Waals surface area contributed by atoms with Crippen molar-refractivity contribution in [1.82, 2.24) is 10.7 Å². The van der Waals surface area contributed by atoms with Crippen molar-refractivity contribution in [2.75, 3.05) is 20.8 Å². The van der Waals surface area contributed by atoms with Gasteiger partial charge in [0.15, 0.2) is 16.6 Å². The molecule has 0 aliphatic heterocycles. The van der Waals surface area contributed by atoms with E-state index in [0.717, 1.165) is 17.7 Å². The van der Waals surface area contributed by atoms with Gasteiger partial charge >= 0.3 is 0 Å². The van der Waals surface area contributed by atoms with E-state index in [1.165, 1.54) is 19.3 Å². The van der Waals surface area contributed by atoms with E-state index in [1.807, 2.05) is 18.2 Å². The second kappa shape index (κ2) is 10.8. The van der Waals surface area contributed by atoms with Crippen LogP contribution in [0.4, 0.5) is 0 Å². The number of hydrogen-bond acceptors (Lipinski definition) is 4. The second-order valence-corrected chi connectivity index (χ2v) is 5.18. The lowest BCUT2D eigenvalue weighted by Crippen LogP contribution is -2.28. The number of benzene rings is 1. The number of methoxy groups -OCH3 is 1. The van der Waals surface area contributed by atoms with Crippen LogP contribution in [0.2, 0.25) is 0 Å². The summed E-state index contributed by atoms with van der Waals surface area (Å²) >= 11 is 4.94. The normalized spacial score (nSPS) is 10.5. The highest BCUT2D eigenvalue weighted by Gasteiger charge is 2.05. The number of ether oxygens (including phenoxy) is 2. The highest BCUT2D eigenvalue weighted by atomic mass is 32.1. The van der Waals surface area contributed by atoms with Gasteiger partial charge in [-0.1, -0.05) is 26.2 Å². The Kier molecular flexibility index (Phi) is 8.98. The van der Waals surface area contributed by atoms with E-state index >= 15 is 0 Å². The van der Waals surface area contributed by atoms with E-state index in [9.17, 15) is 0 Å². The van der Waals surface area contributed by atoms with Gasteiger partial charge in [0.1, 0.15) is 0 Å². The maximum absolute atomic E-state index is 5.77. The smallest absolute Gasteiger partial charge is 0.186 e. The van der Waals surface area contributed by atoms with Gasteiger partial charge in [-0.3, -0.25) is 5.43 Å². The van der Waals surface area contributed by atoms with Crippen LogP contribution in [0.5, 0.6) is 11.5 Å². The predicted octanol–water partition coefficient (Wildman–Crippen LogP) is 3.08. The van der Waals surface area contributed by atoms with Crippen LogP contribution < -0.4 is 20.2 Å². The summed E-state index contributed by atoms with van der Waals surface area (Å²) in [7, 11) is 3.37. The Labute approximate surface area is 138 Å². The fourth-order valence-corrected chi connectivity index (χ4v) is 1.87. The fourth-order valence-electron chi connectivity index (χ4n) is 1.82. The molecular weight excluding hydrogens is 298 g/mol. The van der Waals surface area contributed by atoms with E-state index < -0.39 is 0 Å². The van der Waals surface area contributed by atoms with Crippen molar-refractivity contribution in [3.05, 3.63) is 23.8 Å². The quantitative estimate of drug-likeness (QED) is 0.316. The van der Waals surface area contributed by atoms with Gasteiger partial charge in [0, 0.05) is 7.05 Å². The van der Waals surface area contributed by atoms with E-state index in [2.05, 4.69) is 22.8 Å². The Balaban J connectivity index is 2.56. The van der Waals surface area contributed by atoms with Gasteiger partial charge in [0.25, 0.3) is 0 Å². The van der Waals surface area contributed by atoms with Crippen LogP contribution in [-0.2, 0) is 0 Å². The third kappa shape index (κ3) is 6.76. The summed E-state index contributed by atoms with van der Waals surface area (Å²) in [6.07, 6.45) is 6.41. The first-order chi connectivity index (χ1) is 10.7. The molecule has 1 aromatic carbocycles. The van der Waals surface area contributed by atoms with Gasteiger partial charge in [-0.2, -0.15) is 5.10 Å². The molecule has 0 aromatic heterocycles. The van der Waals surface area contributed by atoms with E-state index in [-0.39, 0.29) is 0 Å². The molecule has 0 saturated carbocycles. The van der Waals surface area contributed by atoms with Gasteiger partial charge in [-0.05, 0) is 42.4 Å².